The van der Waals surface area contributed by atoms with Crippen molar-refractivity contribution in [2.75, 3.05) is 26.4 Å². The number of allylic oxidation sites excluding steroid dienone is 17. The van der Waals surface area contributed by atoms with E-state index in [1.807, 2.05) is 6.08 Å². The number of amides is 1. The molecular formula is C86H149NO18. The zero-order chi connectivity index (χ0) is 76.0. The van der Waals surface area contributed by atoms with E-state index >= 15 is 0 Å². The van der Waals surface area contributed by atoms with Gasteiger partial charge in [0, 0.05) is 6.42 Å². The molecule has 3 saturated heterocycles. The van der Waals surface area contributed by atoms with Crippen LogP contribution in [0.3, 0.4) is 0 Å². The molecule has 0 aromatic carbocycles. The normalized spacial score (nSPS) is 26.4. The van der Waals surface area contributed by atoms with E-state index in [4.69, 9.17) is 28.4 Å². The fraction of sp³-hybridized carbons (Fsp3) is 0.779. The minimum absolute atomic E-state index is 0.230. The summed E-state index contributed by atoms with van der Waals surface area (Å²) in [5.74, 6) is -0.288. The molecule has 3 rings (SSSR count). The summed E-state index contributed by atoms with van der Waals surface area (Å²) in [6.45, 7) is 1.61. The highest BCUT2D eigenvalue weighted by Gasteiger charge is 2.54. The molecule has 0 radical (unpaired) electrons. The fourth-order valence-electron chi connectivity index (χ4n) is 13.4. The van der Waals surface area contributed by atoms with Gasteiger partial charge in [0.25, 0.3) is 0 Å². The van der Waals surface area contributed by atoms with Crippen LogP contribution >= 0.6 is 0 Å². The Balaban J connectivity index is 1.33. The number of aliphatic hydroxyl groups is 11. The zero-order valence-corrected chi connectivity index (χ0v) is 64.9. The zero-order valence-electron chi connectivity index (χ0n) is 64.9. The number of hydrogen-bond acceptors (Lipinski definition) is 18. The SMILES string of the molecule is CC/C=C\C/C=C\C/C=C\C/C=C\C/C=C\C/C=C\CCCCCCCCCCCCCCCCCCCCCCC(=O)NC(COC1OC(CO)C(OC2OC(CO)C(OC3OC(CO)C(O)C(O)C3O)C(O)C2O)C(O)C1O)C(O)/C=C/CC/C=C/CC/C=C/CCCCCCCCCCCCC. The van der Waals surface area contributed by atoms with Crippen LogP contribution in [0.15, 0.2) is 109 Å². The van der Waals surface area contributed by atoms with Crippen LogP contribution in [0.5, 0.6) is 0 Å². The second kappa shape index (κ2) is 65.2. The number of ether oxygens (including phenoxy) is 6. The number of unbranched alkanes of at least 4 members (excludes halogenated alkanes) is 33. The molecule has 0 bridgehead atoms. The minimum Gasteiger partial charge on any atom is -0.394 e. The fourth-order valence-corrected chi connectivity index (χ4v) is 13.4. The smallest absolute Gasteiger partial charge is 0.220 e. The Hall–Kier alpha value is -3.55. The largest absolute Gasteiger partial charge is 0.394 e. The lowest BCUT2D eigenvalue weighted by Gasteiger charge is -2.48. The Morgan fingerprint density at radius 1 is 0.352 bits per heavy atom. The maximum atomic E-state index is 13.5. The summed E-state index contributed by atoms with van der Waals surface area (Å²) in [7, 11) is 0. The highest BCUT2D eigenvalue weighted by Crippen LogP contribution is 2.33. The molecule has 17 unspecified atom stereocenters. The summed E-state index contributed by atoms with van der Waals surface area (Å²) in [5.41, 5.74) is 0. The molecule has 0 spiro atoms. The standard InChI is InChI=1S/C86H149NO18/c1-3-5-7-9-11-13-15-17-19-21-23-25-26-27-28-29-30-31-32-33-34-35-36-37-38-39-40-41-42-44-46-48-50-52-54-56-58-60-62-64-74(92)87-69(70(91)63-61-59-57-55-53-51-49-47-45-43-24-22-20-18-16-14-12-10-8-6-4-2)68-100-84-80(98)77(95)82(72(66-89)102-84)105-86-81(99)78(96)83(73(67-90)103-86)104-85-79(97)76(94)75(93)71(65-88)101-85/h5,7,11,13,17,19,23,25,27-28,30-31,45,47,53,55,61,63,69-73,75-86,88-91,93-99H,3-4,6,8-10,12,14-16,18,20-22,24,26,29,32-44,46,48-52,54,56-60,62,64-68H2,1-2H3,(H,87,92)/b7-5-,13-11-,19-17-,25-23-,28-27-,31-30-,47-45+,55-53+,63-61+. The Morgan fingerprint density at radius 2 is 0.667 bits per heavy atom. The molecular weight excluding hydrogens is 1330 g/mol. The predicted molar refractivity (Wildman–Crippen MR) is 420 cm³/mol. The minimum atomic E-state index is -1.99. The molecule has 606 valence electrons. The maximum Gasteiger partial charge on any atom is 0.220 e. The Morgan fingerprint density at radius 3 is 1.07 bits per heavy atom. The van der Waals surface area contributed by atoms with Gasteiger partial charge in [-0.05, 0) is 96.3 Å². The van der Waals surface area contributed by atoms with Crippen LogP contribution in [-0.4, -0.2) is 193 Å². The summed E-state index contributed by atoms with van der Waals surface area (Å²) in [6, 6.07) is -1.00. The lowest BCUT2D eigenvalue weighted by molar-refractivity contribution is -0.379. The third-order valence-electron chi connectivity index (χ3n) is 20.0. The first-order valence-corrected chi connectivity index (χ1v) is 41.6. The van der Waals surface area contributed by atoms with E-state index < -0.39 is 124 Å². The van der Waals surface area contributed by atoms with Crippen molar-refractivity contribution in [2.24, 2.45) is 0 Å². The molecule has 19 nitrogen and oxygen atoms in total. The summed E-state index contributed by atoms with van der Waals surface area (Å²) in [5, 5.41) is 121. The number of hydrogen-bond donors (Lipinski definition) is 12. The van der Waals surface area contributed by atoms with Crippen LogP contribution in [0.25, 0.3) is 0 Å². The number of carbonyl (C=O) groups excluding carboxylic acids is 1. The highest BCUT2D eigenvalue weighted by molar-refractivity contribution is 5.76. The van der Waals surface area contributed by atoms with E-state index in [-0.39, 0.29) is 18.9 Å². The van der Waals surface area contributed by atoms with E-state index in [0.717, 1.165) is 83.5 Å². The molecule has 105 heavy (non-hydrogen) atoms. The number of nitrogens with one attached hydrogen (secondary N) is 1. The average Bonchev–Trinajstić information content (AvgIpc) is 0.780. The summed E-state index contributed by atoms with van der Waals surface area (Å²) >= 11 is 0. The second-order valence-electron chi connectivity index (χ2n) is 29.2. The molecule has 0 aliphatic carbocycles. The molecule has 3 fully saturated rings. The predicted octanol–water partition coefficient (Wildman–Crippen LogP) is 14.5. The van der Waals surface area contributed by atoms with Gasteiger partial charge in [0.1, 0.15) is 73.2 Å². The van der Waals surface area contributed by atoms with Gasteiger partial charge in [0.15, 0.2) is 18.9 Å². The van der Waals surface area contributed by atoms with Crippen molar-refractivity contribution in [3.63, 3.8) is 0 Å². The first-order valence-electron chi connectivity index (χ1n) is 41.6. The topological polar surface area (TPSA) is 307 Å². The van der Waals surface area contributed by atoms with Crippen molar-refractivity contribution in [3.05, 3.63) is 109 Å². The first-order chi connectivity index (χ1) is 51.3. The van der Waals surface area contributed by atoms with E-state index in [2.05, 4.69) is 116 Å². The summed E-state index contributed by atoms with van der Waals surface area (Å²) in [6.07, 6.45) is 63.7. The molecule has 12 N–H and O–H groups in total. The average molecular weight is 1490 g/mol. The van der Waals surface area contributed by atoms with Gasteiger partial charge in [0.05, 0.1) is 38.6 Å². The van der Waals surface area contributed by atoms with Crippen LogP contribution in [0, 0.1) is 0 Å². The van der Waals surface area contributed by atoms with Crippen molar-refractivity contribution < 1.29 is 89.4 Å². The van der Waals surface area contributed by atoms with Gasteiger partial charge in [-0.2, -0.15) is 0 Å². The number of aliphatic hydroxyl groups excluding tert-OH is 11. The van der Waals surface area contributed by atoms with E-state index in [9.17, 15) is 61.0 Å². The number of carbonyl (C=O) groups is 1. The molecule has 3 heterocycles. The molecule has 17 atom stereocenters. The third-order valence-corrected chi connectivity index (χ3v) is 20.0. The van der Waals surface area contributed by atoms with Gasteiger partial charge in [-0.1, -0.05) is 303 Å². The highest BCUT2D eigenvalue weighted by atomic mass is 16.8. The number of rotatable bonds is 65. The molecule has 3 aliphatic rings. The van der Waals surface area contributed by atoms with Gasteiger partial charge in [-0.25, -0.2) is 0 Å². The maximum absolute atomic E-state index is 13.5. The van der Waals surface area contributed by atoms with Gasteiger partial charge < -0.3 is 89.9 Å². The monoisotopic (exact) mass is 1480 g/mol. The molecule has 1 amide bonds. The second-order valence-corrected chi connectivity index (χ2v) is 29.2. The van der Waals surface area contributed by atoms with E-state index in [0.29, 0.717) is 12.8 Å². The Labute approximate surface area is 634 Å². The van der Waals surface area contributed by atoms with Gasteiger partial charge >= 0.3 is 0 Å². The summed E-state index contributed by atoms with van der Waals surface area (Å²) < 4.78 is 34.4. The van der Waals surface area contributed by atoms with Gasteiger partial charge in [-0.3, -0.25) is 4.79 Å². The van der Waals surface area contributed by atoms with Crippen molar-refractivity contribution in [1.82, 2.24) is 5.32 Å². The van der Waals surface area contributed by atoms with Crippen molar-refractivity contribution >= 4 is 5.91 Å². The van der Waals surface area contributed by atoms with Crippen LogP contribution in [-0.2, 0) is 33.2 Å². The van der Waals surface area contributed by atoms with Crippen LogP contribution in [0.1, 0.15) is 296 Å². The van der Waals surface area contributed by atoms with Crippen molar-refractivity contribution in [1.29, 1.82) is 0 Å². The van der Waals surface area contributed by atoms with Crippen LogP contribution in [0.2, 0.25) is 0 Å². The molecule has 0 aromatic heterocycles. The summed E-state index contributed by atoms with van der Waals surface area (Å²) in [4.78, 5) is 13.5. The van der Waals surface area contributed by atoms with Gasteiger partial charge in [-0.15, -0.1) is 0 Å². The lowest BCUT2D eigenvalue weighted by Crippen LogP contribution is -2.66. The quantitative estimate of drug-likeness (QED) is 0.0199. The van der Waals surface area contributed by atoms with E-state index in [1.165, 1.54) is 180 Å². The van der Waals surface area contributed by atoms with Crippen molar-refractivity contribution in [3.8, 4) is 0 Å². The lowest BCUT2D eigenvalue weighted by atomic mass is 9.96. The molecule has 0 aromatic rings. The van der Waals surface area contributed by atoms with Crippen molar-refractivity contribution in [2.45, 2.75) is 401 Å². The van der Waals surface area contributed by atoms with Crippen LogP contribution < -0.4 is 5.32 Å². The first kappa shape index (κ1) is 95.7. The Bertz CT molecular complexity index is 2320. The third kappa shape index (κ3) is 44.8. The van der Waals surface area contributed by atoms with E-state index in [1.54, 1.807) is 6.08 Å². The molecule has 3 aliphatic heterocycles. The Kier molecular flexibility index (Phi) is 59.4. The molecule has 19 heteroatoms. The van der Waals surface area contributed by atoms with Crippen LogP contribution in [0.4, 0.5) is 0 Å². The van der Waals surface area contributed by atoms with Gasteiger partial charge in [0.2, 0.25) is 5.91 Å². The molecule has 0 saturated carbocycles.